The minimum absolute atomic E-state index is 0.639. The number of nitrogens with zero attached hydrogens (tertiary/aromatic N) is 1. The molecule has 3 N–H and O–H groups in total. The zero-order valence-electron chi connectivity index (χ0n) is 8.83. The third kappa shape index (κ3) is 1.90. The predicted molar refractivity (Wildman–Crippen MR) is 52.9 cm³/mol. The number of aliphatic hydroxyl groups is 2. The number of aromatic nitrogens is 2. The Bertz CT molecular complexity index is 539. The van der Waals surface area contributed by atoms with E-state index in [-0.39, 0.29) is 0 Å². The molecule has 1 aromatic heterocycles. The Kier molecular flexibility index (Phi) is 2.86. The fourth-order valence-electron chi connectivity index (χ4n) is 1.71. The molecule has 0 spiro atoms. The maximum absolute atomic E-state index is 13.0. The van der Waals surface area contributed by atoms with Gasteiger partial charge in [0.1, 0.15) is 12.2 Å². The number of nitrogens with one attached hydrogen (secondary N) is 1. The number of hydrogen-bond acceptors (Lipinski definition) is 5. The highest BCUT2D eigenvalue weighted by atomic mass is 19.1. The van der Waals surface area contributed by atoms with Gasteiger partial charge < -0.3 is 14.9 Å². The van der Waals surface area contributed by atoms with E-state index in [1.54, 1.807) is 4.98 Å². The molecule has 1 saturated heterocycles. The van der Waals surface area contributed by atoms with Crippen LogP contribution in [-0.2, 0) is 4.74 Å². The molecule has 94 valence electrons. The minimum atomic E-state index is -1.37. The molecule has 0 aliphatic carbocycles. The van der Waals surface area contributed by atoms with E-state index in [2.05, 4.69) is 0 Å². The molecule has 0 bridgehead atoms. The Morgan fingerprint density at radius 3 is 2.59 bits per heavy atom. The lowest BCUT2D eigenvalue weighted by Gasteiger charge is -2.16. The maximum Gasteiger partial charge on any atom is 0.330 e. The van der Waals surface area contributed by atoms with Gasteiger partial charge in [0, 0.05) is 0 Å². The summed E-state index contributed by atoms with van der Waals surface area (Å²) in [4.78, 5) is 24.0. The highest BCUT2D eigenvalue weighted by molar-refractivity contribution is 4.93. The van der Waals surface area contributed by atoms with Crippen LogP contribution in [0.15, 0.2) is 15.8 Å². The van der Waals surface area contributed by atoms with E-state index in [1.165, 1.54) is 6.92 Å². The van der Waals surface area contributed by atoms with Gasteiger partial charge >= 0.3 is 5.69 Å². The monoisotopic (exact) mass is 246 g/mol. The molecule has 7 nitrogen and oxygen atoms in total. The molecule has 17 heavy (non-hydrogen) atoms. The lowest BCUT2D eigenvalue weighted by molar-refractivity contribution is -0.0356. The molecule has 2 rings (SSSR count). The fourth-order valence-corrected chi connectivity index (χ4v) is 1.71. The summed E-state index contributed by atoms with van der Waals surface area (Å²) in [6, 6.07) is 0. The van der Waals surface area contributed by atoms with E-state index in [0.717, 1.165) is 0 Å². The van der Waals surface area contributed by atoms with E-state index in [4.69, 9.17) is 4.74 Å². The second kappa shape index (κ2) is 4.06. The van der Waals surface area contributed by atoms with Crippen LogP contribution in [0.5, 0.6) is 0 Å². The van der Waals surface area contributed by atoms with Crippen LogP contribution in [0.2, 0.25) is 0 Å². The standard InChI is InChI=1S/C9H11FN2O5/c1-3-5(13)6(14)8(17-3)12-2-4(10)7(15)11-9(12)16/h2-3,5-6,8,13-14H,1H3,(H,11,15,16)/t3-,5+,6+,8-/m1/s1. The molecule has 1 aromatic rings. The molecule has 2 heterocycles. The van der Waals surface area contributed by atoms with Crippen LogP contribution in [0.25, 0.3) is 0 Å². The van der Waals surface area contributed by atoms with Crippen LogP contribution in [-0.4, -0.2) is 38.1 Å². The first-order valence-electron chi connectivity index (χ1n) is 4.94. The molecule has 1 aliphatic rings. The van der Waals surface area contributed by atoms with Crippen LogP contribution in [0, 0.1) is 5.82 Å². The van der Waals surface area contributed by atoms with Crippen molar-refractivity contribution < 1.29 is 19.3 Å². The van der Waals surface area contributed by atoms with Crippen LogP contribution in [0.1, 0.15) is 13.2 Å². The second-order valence-electron chi connectivity index (χ2n) is 3.86. The van der Waals surface area contributed by atoms with Crippen molar-refractivity contribution in [2.45, 2.75) is 31.5 Å². The molecule has 0 aromatic carbocycles. The zero-order valence-corrected chi connectivity index (χ0v) is 8.83. The Balaban J connectivity index is 2.46. The van der Waals surface area contributed by atoms with Crippen LogP contribution in [0.3, 0.4) is 0 Å². The normalized spacial score (nSPS) is 32.9. The van der Waals surface area contributed by atoms with Crippen LogP contribution >= 0.6 is 0 Å². The molecule has 1 fully saturated rings. The SMILES string of the molecule is C[C@H]1O[C@@H](n2cc(F)c(=O)[nH]c2=O)[C@@H](O)[C@H]1O. The van der Waals surface area contributed by atoms with Gasteiger partial charge in [0.05, 0.1) is 12.3 Å². The van der Waals surface area contributed by atoms with E-state index < -0.39 is 41.6 Å². The summed E-state index contributed by atoms with van der Waals surface area (Å²) in [5.41, 5.74) is -2.06. The molecule has 8 heteroatoms. The van der Waals surface area contributed by atoms with Gasteiger partial charge in [-0.05, 0) is 6.92 Å². The van der Waals surface area contributed by atoms with Crippen molar-refractivity contribution in [1.82, 2.24) is 9.55 Å². The van der Waals surface area contributed by atoms with Crippen molar-refractivity contribution in [3.8, 4) is 0 Å². The summed E-state index contributed by atoms with van der Waals surface area (Å²) in [7, 11) is 0. The van der Waals surface area contributed by atoms with Crippen molar-refractivity contribution >= 4 is 0 Å². The summed E-state index contributed by atoms with van der Waals surface area (Å²) in [6.07, 6.45) is -3.83. The van der Waals surface area contributed by atoms with Gasteiger partial charge in [-0.15, -0.1) is 0 Å². The first-order valence-corrected chi connectivity index (χ1v) is 4.94. The van der Waals surface area contributed by atoms with Crippen LogP contribution < -0.4 is 11.2 Å². The number of H-pyrrole nitrogens is 1. The second-order valence-corrected chi connectivity index (χ2v) is 3.86. The first kappa shape index (κ1) is 12.0. The average molecular weight is 246 g/mol. The van der Waals surface area contributed by atoms with Gasteiger partial charge in [-0.25, -0.2) is 4.79 Å². The predicted octanol–water partition coefficient (Wildman–Crippen LogP) is -1.69. The zero-order chi connectivity index (χ0) is 12.7. The van der Waals surface area contributed by atoms with E-state index in [0.29, 0.717) is 10.8 Å². The third-order valence-electron chi connectivity index (χ3n) is 2.68. The molecular formula is C9H11FN2O5. The van der Waals surface area contributed by atoms with Gasteiger partial charge in [-0.3, -0.25) is 14.3 Å². The third-order valence-corrected chi connectivity index (χ3v) is 2.68. The van der Waals surface area contributed by atoms with Crippen molar-refractivity contribution in [1.29, 1.82) is 0 Å². The van der Waals surface area contributed by atoms with Crippen molar-refractivity contribution in [2.75, 3.05) is 0 Å². The summed E-state index contributed by atoms with van der Waals surface area (Å²) in [5, 5.41) is 19.1. The van der Waals surface area contributed by atoms with E-state index in [1.807, 2.05) is 0 Å². The topological polar surface area (TPSA) is 105 Å². The van der Waals surface area contributed by atoms with Gasteiger partial charge in [-0.2, -0.15) is 4.39 Å². The summed E-state index contributed by atoms with van der Waals surface area (Å²) < 4.78 is 18.9. The lowest BCUT2D eigenvalue weighted by Crippen LogP contribution is -2.38. The minimum Gasteiger partial charge on any atom is -0.388 e. The van der Waals surface area contributed by atoms with E-state index >= 15 is 0 Å². The van der Waals surface area contributed by atoms with Crippen molar-refractivity contribution in [2.24, 2.45) is 0 Å². The highest BCUT2D eigenvalue weighted by Crippen LogP contribution is 2.27. The molecule has 0 radical (unpaired) electrons. The molecular weight excluding hydrogens is 235 g/mol. The Morgan fingerprint density at radius 2 is 2.06 bits per heavy atom. The smallest absolute Gasteiger partial charge is 0.330 e. The number of aliphatic hydroxyl groups excluding tert-OH is 2. The largest absolute Gasteiger partial charge is 0.388 e. The first-order chi connectivity index (χ1) is 7.91. The molecule has 1 aliphatic heterocycles. The Hall–Kier alpha value is -1.51. The van der Waals surface area contributed by atoms with Gasteiger partial charge in [0.15, 0.2) is 6.23 Å². The van der Waals surface area contributed by atoms with Crippen LogP contribution in [0.4, 0.5) is 4.39 Å². The highest BCUT2D eigenvalue weighted by Gasteiger charge is 2.41. The van der Waals surface area contributed by atoms with Gasteiger partial charge in [0.25, 0.3) is 5.56 Å². The van der Waals surface area contributed by atoms with E-state index in [9.17, 15) is 24.2 Å². The number of ether oxygens (including phenoxy) is 1. The van der Waals surface area contributed by atoms with Crippen molar-refractivity contribution in [3.63, 3.8) is 0 Å². The molecule has 0 amide bonds. The Labute approximate surface area is 94.1 Å². The number of rotatable bonds is 1. The van der Waals surface area contributed by atoms with Gasteiger partial charge in [-0.1, -0.05) is 0 Å². The molecule has 0 unspecified atom stereocenters. The number of hydrogen-bond donors (Lipinski definition) is 3. The van der Waals surface area contributed by atoms with Crippen molar-refractivity contribution in [3.05, 3.63) is 32.9 Å². The summed E-state index contributed by atoms with van der Waals surface area (Å²) in [6.45, 7) is 1.50. The Morgan fingerprint density at radius 1 is 1.41 bits per heavy atom. The molecule has 0 saturated carbocycles. The maximum atomic E-state index is 13.0. The summed E-state index contributed by atoms with van der Waals surface area (Å²) in [5.74, 6) is -1.17. The number of aromatic amines is 1. The van der Waals surface area contributed by atoms with Gasteiger partial charge in [0.2, 0.25) is 5.82 Å². The average Bonchev–Trinajstić information content (AvgIpc) is 2.51. The molecule has 4 atom stereocenters. The number of halogens is 1. The fraction of sp³-hybridized carbons (Fsp3) is 0.556. The summed E-state index contributed by atoms with van der Waals surface area (Å²) >= 11 is 0. The quantitative estimate of drug-likeness (QED) is 0.548. The lowest BCUT2D eigenvalue weighted by atomic mass is 10.1.